The fourth-order valence-corrected chi connectivity index (χ4v) is 1.41. The predicted octanol–water partition coefficient (Wildman–Crippen LogP) is 0.404. The van der Waals surface area contributed by atoms with Gasteiger partial charge in [-0.05, 0) is 19.5 Å². The van der Waals surface area contributed by atoms with Crippen LogP contribution in [0.25, 0.3) is 0 Å². The molecule has 0 spiro atoms. The van der Waals surface area contributed by atoms with Crippen molar-refractivity contribution in [3.8, 4) is 0 Å². The van der Waals surface area contributed by atoms with Gasteiger partial charge in [0, 0.05) is 0 Å². The average molecular weight is 208 g/mol. The number of carbonyl (C=O) groups excluding carboxylic acids is 1. The summed E-state index contributed by atoms with van der Waals surface area (Å²) in [6, 6.07) is 0. The molecule has 76 valence electrons. The van der Waals surface area contributed by atoms with E-state index in [1.165, 1.54) is 0 Å². The molecule has 0 aromatic heterocycles. The van der Waals surface area contributed by atoms with Gasteiger partial charge < -0.3 is 5.11 Å². The zero-order valence-electron chi connectivity index (χ0n) is 7.52. The second kappa shape index (κ2) is 5.19. The molecule has 0 aliphatic carbocycles. The lowest BCUT2D eigenvalue weighted by molar-refractivity contribution is -0.148. The Morgan fingerprint density at radius 3 is 2.69 bits per heavy atom. The Kier molecular flexibility index (Phi) is 4.95. The largest absolute Gasteiger partial charge is 0.481 e. The molecule has 1 unspecified atom stereocenters. The van der Waals surface area contributed by atoms with Crippen LogP contribution in [-0.4, -0.2) is 41.4 Å². The van der Waals surface area contributed by atoms with Crippen LogP contribution in [0.5, 0.6) is 0 Å². The van der Waals surface area contributed by atoms with Crippen molar-refractivity contribution in [2.45, 2.75) is 13.3 Å². The predicted molar refractivity (Wildman–Crippen MR) is 50.1 cm³/mol. The summed E-state index contributed by atoms with van der Waals surface area (Å²) in [5.41, 5.74) is 0. The molecule has 1 fully saturated rings. The number of carboxylic acid groups (broad SMARTS) is 1. The summed E-state index contributed by atoms with van der Waals surface area (Å²) < 4.78 is 0. The van der Waals surface area contributed by atoms with Crippen LogP contribution in [0.15, 0.2) is 0 Å². The first kappa shape index (κ1) is 12.4. The number of piperidine rings is 1. The summed E-state index contributed by atoms with van der Waals surface area (Å²) in [5.74, 6) is -1.89. The third kappa shape index (κ3) is 2.97. The van der Waals surface area contributed by atoms with E-state index in [1.807, 2.05) is 11.8 Å². The molecule has 1 atom stereocenters. The number of hydrogen-bond acceptors (Lipinski definition) is 3. The van der Waals surface area contributed by atoms with Crippen LogP contribution >= 0.6 is 12.4 Å². The number of likely N-dealkylation sites (N-methyl/N-ethyl adjacent to an activating group) is 1. The van der Waals surface area contributed by atoms with E-state index in [0.29, 0.717) is 13.0 Å². The lowest BCUT2D eigenvalue weighted by Crippen LogP contribution is -2.43. The van der Waals surface area contributed by atoms with E-state index in [-0.39, 0.29) is 18.2 Å². The van der Waals surface area contributed by atoms with Gasteiger partial charge in [0.15, 0.2) is 5.78 Å². The summed E-state index contributed by atoms with van der Waals surface area (Å²) in [7, 11) is 0. The van der Waals surface area contributed by atoms with Gasteiger partial charge in [0.1, 0.15) is 5.92 Å². The Labute approximate surface area is 83.3 Å². The van der Waals surface area contributed by atoms with Crippen LogP contribution < -0.4 is 0 Å². The Balaban J connectivity index is 0.00000144. The lowest BCUT2D eigenvalue weighted by atomic mass is 9.96. The Morgan fingerprint density at radius 2 is 2.31 bits per heavy atom. The van der Waals surface area contributed by atoms with Gasteiger partial charge in [-0.3, -0.25) is 14.5 Å². The van der Waals surface area contributed by atoms with E-state index in [9.17, 15) is 9.59 Å². The molecule has 13 heavy (non-hydrogen) atoms. The number of hydrogen-bond donors (Lipinski definition) is 1. The lowest BCUT2D eigenvalue weighted by Gasteiger charge is -2.27. The average Bonchev–Trinajstić information content (AvgIpc) is 2.03. The number of halogens is 1. The summed E-state index contributed by atoms with van der Waals surface area (Å²) in [5, 5.41) is 8.63. The maximum atomic E-state index is 11.2. The van der Waals surface area contributed by atoms with Crippen LogP contribution in [0.4, 0.5) is 0 Å². The molecule has 5 heteroatoms. The zero-order valence-corrected chi connectivity index (χ0v) is 8.34. The molecule has 1 rings (SSSR count). The highest BCUT2D eigenvalue weighted by atomic mass is 35.5. The van der Waals surface area contributed by atoms with E-state index < -0.39 is 11.9 Å². The molecule has 1 aliphatic heterocycles. The number of Topliss-reactive ketones (excluding diaryl/α,β-unsaturated/α-hetero) is 1. The van der Waals surface area contributed by atoms with Crippen molar-refractivity contribution >= 4 is 24.2 Å². The molecule has 0 aromatic rings. The normalized spacial score (nSPS) is 23.8. The number of ketones is 1. The van der Waals surface area contributed by atoms with E-state index in [0.717, 1.165) is 13.1 Å². The number of rotatable bonds is 2. The summed E-state index contributed by atoms with van der Waals surface area (Å²) >= 11 is 0. The molecular weight excluding hydrogens is 194 g/mol. The van der Waals surface area contributed by atoms with Gasteiger partial charge in [0.25, 0.3) is 0 Å². The Hall–Kier alpha value is -0.610. The van der Waals surface area contributed by atoms with Crippen molar-refractivity contribution in [1.29, 1.82) is 0 Å². The van der Waals surface area contributed by atoms with Crippen molar-refractivity contribution in [2.24, 2.45) is 5.92 Å². The SMILES string of the molecule is CCN1CCC(C(=O)O)C(=O)C1.Cl. The highest BCUT2D eigenvalue weighted by molar-refractivity contribution is 5.99. The number of likely N-dealkylation sites (tertiary alicyclic amines) is 1. The van der Waals surface area contributed by atoms with Gasteiger partial charge in [0.2, 0.25) is 0 Å². The Morgan fingerprint density at radius 1 is 1.69 bits per heavy atom. The quantitative estimate of drug-likeness (QED) is 0.667. The monoisotopic (exact) mass is 207 g/mol. The van der Waals surface area contributed by atoms with Gasteiger partial charge in [-0.1, -0.05) is 6.92 Å². The molecule has 0 amide bonds. The van der Waals surface area contributed by atoms with E-state index in [1.54, 1.807) is 0 Å². The molecule has 1 aliphatic rings. The highest BCUT2D eigenvalue weighted by Crippen LogP contribution is 2.13. The second-order valence-corrected chi connectivity index (χ2v) is 3.01. The minimum atomic E-state index is -0.976. The maximum Gasteiger partial charge on any atom is 0.314 e. The van der Waals surface area contributed by atoms with Gasteiger partial charge >= 0.3 is 5.97 Å². The number of aliphatic carboxylic acids is 1. The summed E-state index contributed by atoms with van der Waals surface area (Å²) in [6.45, 7) is 3.80. The van der Waals surface area contributed by atoms with E-state index >= 15 is 0 Å². The molecule has 0 saturated carbocycles. The molecule has 4 nitrogen and oxygen atoms in total. The molecule has 0 bridgehead atoms. The standard InChI is InChI=1S/C8H13NO3.ClH/c1-2-9-4-3-6(8(11)12)7(10)5-9;/h6H,2-5H2,1H3,(H,11,12);1H. The molecular formula is C8H14ClNO3. The van der Waals surface area contributed by atoms with Crippen LogP contribution in [0.3, 0.4) is 0 Å². The maximum absolute atomic E-state index is 11.2. The van der Waals surface area contributed by atoms with Crippen molar-refractivity contribution in [3.05, 3.63) is 0 Å². The van der Waals surface area contributed by atoms with Gasteiger partial charge in [-0.25, -0.2) is 0 Å². The highest BCUT2D eigenvalue weighted by Gasteiger charge is 2.31. The number of carbonyl (C=O) groups is 2. The third-order valence-electron chi connectivity index (χ3n) is 2.25. The van der Waals surface area contributed by atoms with Crippen LogP contribution in [0.2, 0.25) is 0 Å². The molecule has 1 heterocycles. The van der Waals surface area contributed by atoms with Gasteiger partial charge in [-0.15, -0.1) is 12.4 Å². The second-order valence-electron chi connectivity index (χ2n) is 3.01. The fourth-order valence-electron chi connectivity index (χ4n) is 1.41. The molecule has 0 radical (unpaired) electrons. The zero-order chi connectivity index (χ0) is 9.14. The summed E-state index contributed by atoms with van der Waals surface area (Å²) in [6.07, 6.45) is 0.460. The van der Waals surface area contributed by atoms with Gasteiger partial charge in [-0.2, -0.15) is 0 Å². The number of carboxylic acids is 1. The van der Waals surface area contributed by atoms with Crippen molar-refractivity contribution in [3.63, 3.8) is 0 Å². The molecule has 1 saturated heterocycles. The van der Waals surface area contributed by atoms with Gasteiger partial charge in [0.05, 0.1) is 6.54 Å². The first-order valence-corrected chi connectivity index (χ1v) is 4.13. The minimum Gasteiger partial charge on any atom is -0.481 e. The van der Waals surface area contributed by atoms with Crippen LogP contribution in [0, 0.1) is 5.92 Å². The van der Waals surface area contributed by atoms with Crippen molar-refractivity contribution in [1.82, 2.24) is 4.90 Å². The minimum absolute atomic E-state index is 0. The Bertz CT molecular complexity index is 208. The smallest absolute Gasteiger partial charge is 0.314 e. The number of nitrogens with zero attached hydrogens (tertiary/aromatic N) is 1. The molecule has 0 aromatic carbocycles. The first-order valence-electron chi connectivity index (χ1n) is 4.13. The van der Waals surface area contributed by atoms with E-state index in [4.69, 9.17) is 5.11 Å². The summed E-state index contributed by atoms with van der Waals surface area (Å²) in [4.78, 5) is 23.7. The topological polar surface area (TPSA) is 57.6 Å². The van der Waals surface area contributed by atoms with E-state index in [2.05, 4.69) is 0 Å². The first-order chi connectivity index (χ1) is 5.65. The van der Waals surface area contributed by atoms with Crippen molar-refractivity contribution < 1.29 is 14.7 Å². The fraction of sp³-hybridized carbons (Fsp3) is 0.750. The molecule has 1 N–H and O–H groups in total. The van der Waals surface area contributed by atoms with Crippen LogP contribution in [0.1, 0.15) is 13.3 Å². The van der Waals surface area contributed by atoms with Crippen molar-refractivity contribution in [2.75, 3.05) is 19.6 Å². The third-order valence-corrected chi connectivity index (χ3v) is 2.25. The van der Waals surface area contributed by atoms with Crippen LogP contribution in [-0.2, 0) is 9.59 Å².